The van der Waals surface area contributed by atoms with Gasteiger partial charge in [-0.1, -0.05) is 36.7 Å². The molecule has 3 aliphatic heterocycles. The molecule has 1 aromatic heterocycles. The van der Waals surface area contributed by atoms with Crippen LogP contribution in [0.1, 0.15) is 66.6 Å². The number of hydrogen-bond donors (Lipinski definition) is 2. The van der Waals surface area contributed by atoms with Gasteiger partial charge in [0.15, 0.2) is 17.3 Å². The smallest absolute Gasteiger partial charge is 0.250 e. The lowest BCUT2D eigenvalue weighted by Crippen LogP contribution is -2.54. The van der Waals surface area contributed by atoms with Crippen LogP contribution in [-0.2, 0) is 20.9 Å². The zero-order valence-electron chi connectivity index (χ0n) is 30.6. The van der Waals surface area contributed by atoms with Gasteiger partial charge in [-0.25, -0.2) is 0 Å². The molecule has 12 nitrogen and oxygen atoms in total. The quantitative estimate of drug-likeness (QED) is 0.274. The molecule has 1 saturated heterocycles. The van der Waals surface area contributed by atoms with Crippen LogP contribution in [0, 0.1) is 11.8 Å². The van der Waals surface area contributed by atoms with E-state index < -0.39 is 46.7 Å². The van der Waals surface area contributed by atoms with Crippen molar-refractivity contribution >= 4 is 46.7 Å². The Morgan fingerprint density at radius 1 is 1.07 bits per heavy atom. The number of carbonyl (C=O) groups is 4. The van der Waals surface area contributed by atoms with Crippen LogP contribution in [0.15, 0.2) is 69.6 Å². The van der Waals surface area contributed by atoms with E-state index in [0.29, 0.717) is 25.2 Å². The number of fused-ring (bicyclic) bond motifs is 5. The number of nitrogens with one attached hydrogen (secondary N) is 1. The molecule has 7 rings (SSSR count). The fourth-order valence-electron chi connectivity index (χ4n) is 8.66. The van der Waals surface area contributed by atoms with Gasteiger partial charge in [0.05, 0.1) is 14.2 Å². The molecular weight excluding hydrogens is 734 g/mol. The Balaban J connectivity index is 1.19. The number of hydrogen-bond acceptors (Lipinski definition) is 10. The van der Waals surface area contributed by atoms with Crippen LogP contribution in [0.3, 0.4) is 0 Å². The third kappa shape index (κ3) is 6.14. The van der Waals surface area contributed by atoms with Crippen molar-refractivity contribution in [2.24, 2.45) is 11.8 Å². The highest BCUT2D eigenvalue weighted by atomic mass is 35.5. The van der Waals surface area contributed by atoms with E-state index in [1.54, 1.807) is 47.6 Å². The minimum absolute atomic E-state index is 0.00895. The number of thioether (sulfide) groups is 1. The number of rotatable bonds is 9. The Bertz CT molecular complexity index is 2150. The Labute approximate surface area is 321 Å². The third-order valence-corrected chi connectivity index (χ3v) is 12.4. The molecule has 3 unspecified atom stereocenters. The number of nitrogens with zero attached hydrogens (tertiary/aromatic N) is 2. The molecule has 1 fully saturated rings. The van der Waals surface area contributed by atoms with Crippen molar-refractivity contribution in [1.82, 2.24) is 14.8 Å². The zero-order chi connectivity index (χ0) is 38.6. The van der Waals surface area contributed by atoms with Gasteiger partial charge in [-0.3, -0.25) is 24.0 Å². The van der Waals surface area contributed by atoms with Crippen molar-refractivity contribution in [3.8, 4) is 17.2 Å². The third-order valence-electron chi connectivity index (χ3n) is 11.3. The van der Waals surface area contributed by atoms with Gasteiger partial charge in [0, 0.05) is 78.5 Å². The first-order valence-corrected chi connectivity index (χ1v) is 19.5. The summed E-state index contributed by atoms with van der Waals surface area (Å²) in [7, 11) is 2.79. The van der Waals surface area contributed by atoms with E-state index in [4.69, 9.17) is 25.8 Å². The number of ether oxygens (including phenoxy) is 3. The number of aromatic nitrogens is 1. The van der Waals surface area contributed by atoms with Crippen molar-refractivity contribution in [3.05, 3.63) is 92.1 Å². The Morgan fingerprint density at radius 2 is 1.80 bits per heavy atom. The average Bonchev–Trinajstić information content (AvgIpc) is 3.48. The van der Waals surface area contributed by atoms with E-state index in [-0.39, 0.29) is 69.6 Å². The molecule has 4 heterocycles. The monoisotopic (exact) mass is 775 g/mol. The number of piperidine rings is 1. The Morgan fingerprint density at radius 3 is 2.48 bits per heavy atom. The SMILES string of the molecule is COc1cc(OC)c2c(c1Cl)O[C@]1(C2=O)C(O)=C(C(CC(=O)N[C@@H](C)C(=O)N2CC3CC(C2)c2cccc(=O)n2C3)c2ccc(SC)cc2)C(=O)C[C@H]1C. The summed E-state index contributed by atoms with van der Waals surface area (Å²) in [6, 6.07) is 13.0. The summed E-state index contributed by atoms with van der Waals surface area (Å²) in [6.45, 7) is 4.69. The predicted octanol–water partition coefficient (Wildman–Crippen LogP) is 5.30. The van der Waals surface area contributed by atoms with Gasteiger partial charge >= 0.3 is 0 Å². The molecule has 1 aliphatic carbocycles. The lowest BCUT2D eigenvalue weighted by Gasteiger charge is -2.43. The summed E-state index contributed by atoms with van der Waals surface area (Å²) < 4.78 is 19.0. The van der Waals surface area contributed by atoms with Crippen LogP contribution in [0.2, 0.25) is 5.02 Å². The first kappa shape index (κ1) is 37.6. The number of methoxy groups -OCH3 is 2. The number of likely N-dealkylation sites (tertiary alicyclic amines) is 1. The van der Waals surface area contributed by atoms with Crippen molar-refractivity contribution in [3.63, 3.8) is 0 Å². The Kier molecular flexibility index (Phi) is 10.1. The van der Waals surface area contributed by atoms with Gasteiger partial charge in [0.2, 0.25) is 23.2 Å². The van der Waals surface area contributed by atoms with E-state index in [1.165, 1.54) is 32.0 Å². The molecule has 54 heavy (non-hydrogen) atoms. The lowest BCUT2D eigenvalue weighted by atomic mass is 9.69. The van der Waals surface area contributed by atoms with Crippen LogP contribution in [-0.4, -0.2) is 83.2 Å². The number of ketones is 2. The molecule has 3 aromatic rings. The minimum atomic E-state index is -2.03. The molecule has 14 heteroatoms. The summed E-state index contributed by atoms with van der Waals surface area (Å²) in [5.41, 5.74) is -0.718. The largest absolute Gasteiger partial charge is 0.507 e. The molecule has 2 bridgehead atoms. The molecule has 2 amide bonds. The molecular formula is C40H42ClN3O9S. The number of allylic oxidation sites excluding steroid dienone is 1. The molecule has 2 aromatic carbocycles. The maximum atomic E-state index is 14.4. The Hall–Kier alpha value is -4.75. The highest BCUT2D eigenvalue weighted by molar-refractivity contribution is 7.98. The fourth-order valence-corrected chi connectivity index (χ4v) is 9.33. The molecule has 284 valence electrons. The van der Waals surface area contributed by atoms with Crippen LogP contribution in [0.5, 0.6) is 17.2 Å². The minimum Gasteiger partial charge on any atom is -0.507 e. The number of pyridine rings is 1. The van der Waals surface area contributed by atoms with Crippen molar-refractivity contribution in [2.45, 2.75) is 68.0 Å². The van der Waals surface area contributed by atoms with Crippen LogP contribution in [0.4, 0.5) is 0 Å². The highest BCUT2D eigenvalue weighted by Gasteiger charge is 2.61. The number of amides is 2. The lowest BCUT2D eigenvalue weighted by molar-refractivity contribution is -0.138. The molecule has 0 saturated carbocycles. The fraction of sp³-hybridized carbons (Fsp3) is 0.425. The van der Waals surface area contributed by atoms with E-state index in [1.807, 2.05) is 24.5 Å². The number of carbonyl (C=O) groups excluding carboxylic acids is 4. The average molecular weight is 776 g/mol. The van der Waals surface area contributed by atoms with E-state index in [2.05, 4.69) is 5.32 Å². The van der Waals surface area contributed by atoms with Crippen molar-refractivity contribution in [2.75, 3.05) is 33.6 Å². The second kappa shape index (κ2) is 14.5. The molecule has 4 aliphatic rings. The van der Waals surface area contributed by atoms with Crippen LogP contribution < -0.4 is 25.1 Å². The molecule has 1 spiro atoms. The summed E-state index contributed by atoms with van der Waals surface area (Å²) in [5.74, 6) is -3.86. The van der Waals surface area contributed by atoms with Gasteiger partial charge in [-0.05, 0) is 49.3 Å². The number of aliphatic hydroxyl groups excluding tert-OH is 1. The molecule has 0 radical (unpaired) electrons. The van der Waals surface area contributed by atoms with E-state index in [9.17, 15) is 29.1 Å². The summed E-state index contributed by atoms with van der Waals surface area (Å²) in [5, 5.41) is 15.1. The number of halogens is 1. The number of aliphatic hydroxyl groups is 1. The maximum absolute atomic E-state index is 14.4. The number of benzene rings is 2. The van der Waals surface area contributed by atoms with Gasteiger partial charge in [0.1, 0.15) is 28.1 Å². The normalized spacial score (nSPS) is 24.0. The van der Waals surface area contributed by atoms with Gasteiger partial charge in [-0.2, -0.15) is 0 Å². The number of Topliss-reactive ketones (excluding diaryl/α,β-unsaturated/α-hetero) is 2. The van der Waals surface area contributed by atoms with Crippen LogP contribution in [0.25, 0.3) is 0 Å². The summed E-state index contributed by atoms with van der Waals surface area (Å²) in [4.78, 5) is 71.4. The van der Waals surface area contributed by atoms with Crippen molar-refractivity contribution < 1.29 is 38.5 Å². The molecule has 2 N–H and O–H groups in total. The summed E-state index contributed by atoms with van der Waals surface area (Å²) in [6.07, 6.45) is 2.32. The highest BCUT2D eigenvalue weighted by Crippen LogP contribution is 2.56. The van der Waals surface area contributed by atoms with E-state index >= 15 is 0 Å². The van der Waals surface area contributed by atoms with Crippen LogP contribution >= 0.6 is 23.4 Å². The topological polar surface area (TPSA) is 153 Å². The van der Waals surface area contributed by atoms with Gasteiger partial charge < -0.3 is 34.1 Å². The second-order valence-corrected chi connectivity index (χ2v) is 15.8. The molecule has 6 atom stereocenters. The van der Waals surface area contributed by atoms with E-state index in [0.717, 1.165) is 17.0 Å². The predicted molar refractivity (Wildman–Crippen MR) is 202 cm³/mol. The second-order valence-electron chi connectivity index (χ2n) is 14.5. The first-order valence-electron chi connectivity index (χ1n) is 17.9. The standard InChI is InChI=1S/C40H42ClN3O9S/c1-20-13-28(45)33(37(48)40(20)38(49)34-29(51-3)16-30(52-4)35(41)36(34)53-40)26(23-9-11-25(54-5)12-10-23)15-31(46)42-21(2)39(50)43-17-22-14-24(19-43)27-7-6-8-32(47)44(27)18-22/h6-12,16,20-22,24,26,48H,13-15,17-19H2,1-5H3,(H,42,46)/t20-,21+,22?,24?,26?,40+/m1/s1. The van der Waals surface area contributed by atoms with Gasteiger partial charge in [0.25, 0.3) is 5.56 Å². The summed E-state index contributed by atoms with van der Waals surface area (Å²) >= 11 is 8.15. The zero-order valence-corrected chi connectivity index (χ0v) is 32.2. The van der Waals surface area contributed by atoms with Crippen molar-refractivity contribution in [1.29, 1.82) is 0 Å². The first-order chi connectivity index (χ1) is 25.8. The maximum Gasteiger partial charge on any atom is 0.250 e. The van der Waals surface area contributed by atoms with Gasteiger partial charge in [-0.15, -0.1) is 11.8 Å².